The van der Waals surface area contributed by atoms with E-state index in [2.05, 4.69) is 25.9 Å². The molecule has 0 saturated carbocycles. The lowest BCUT2D eigenvalue weighted by Gasteiger charge is -2.31. The number of fused-ring (bicyclic) bond motifs is 1. The molecule has 4 rings (SSSR count). The van der Waals surface area contributed by atoms with Crippen LogP contribution < -0.4 is 14.8 Å². The van der Waals surface area contributed by atoms with E-state index >= 15 is 0 Å². The summed E-state index contributed by atoms with van der Waals surface area (Å²) in [5.74, 6) is 3.90. The topological polar surface area (TPSA) is 114 Å². The monoisotopic (exact) mass is 521 g/mol. The van der Waals surface area contributed by atoms with Gasteiger partial charge < -0.3 is 14.8 Å². The second-order valence-corrected chi connectivity index (χ2v) is 13.0. The standard InChI is InChI=1S/C23H28FN5O4S2/c1-15-10-17(28-34(2,3)30)12-20-22(15)23(26-14-25-20)27-19-8-7-16(24)11-21(19)33-18-6-5-9-29(13-18)35(4,31)32/h7-8,10-12,14,18H,2,5-6,9,13H2,1,3-4H3,(H,28,30)(H,25,26,27). The molecule has 2 atom stereocenters. The van der Waals surface area contributed by atoms with Crippen molar-refractivity contribution in [2.75, 3.05) is 35.6 Å². The fraction of sp³-hybridized carbons (Fsp3) is 0.348. The molecule has 188 valence electrons. The number of hydrogen-bond acceptors (Lipinski definition) is 7. The molecular weight excluding hydrogens is 493 g/mol. The Labute approximate surface area is 204 Å². The first-order chi connectivity index (χ1) is 16.4. The van der Waals surface area contributed by atoms with Crippen LogP contribution in [0.1, 0.15) is 18.4 Å². The number of nitrogens with zero attached hydrogens (tertiary/aromatic N) is 3. The summed E-state index contributed by atoms with van der Waals surface area (Å²) >= 11 is 0. The van der Waals surface area contributed by atoms with Gasteiger partial charge in [0.25, 0.3) is 0 Å². The van der Waals surface area contributed by atoms with Gasteiger partial charge >= 0.3 is 0 Å². The number of anilines is 3. The third kappa shape index (κ3) is 6.19. The number of piperidine rings is 1. The largest absolute Gasteiger partial charge is 0.487 e. The van der Waals surface area contributed by atoms with E-state index in [9.17, 15) is 17.0 Å². The molecular formula is C23H28FN5O4S2. The van der Waals surface area contributed by atoms with Crippen molar-refractivity contribution in [1.29, 1.82) is 0 Å². The van der Waals surface area contributed by atoms with Gasteiger partial charge in [-0.3, -0.25) is 0 Å². The van der Waals surface area contributed by atoms with Crippen LogP contribution in [-0.4, -0.2) is 64.5 Å². The molecule has 2 heterocycles. The molecule has 1 aromatic heterocycles. The number of ether oxygens (including phenoxy) is 1. The zero-order valence-corrected chi connectivity index (χ0v) is 21.4. The first-order valence-electron chi connectivity index (χ1n) is 10.9. The molecule has 2 unspecified atom stereocenters. The molecule has 1 aliphatic heterocycles. The molecule has 35 heavy (non-hydrogen) atoms. The van der Waals surface area contributed by atoms with Crippen LogP contribution in [0.4, 0.5) is 21.6 Å². The summed E-state index contributed by atoms with van der Waals surface area (Å²) in [5.41, 5.74) is 2.56. The van der Waals surface area contributed by atoms with E-state index in [1.807, 2.05) is 13.0 Å². The molecule has 2 N–H and O–H groups in total. The van der Waals surface area contributed by atoms with Crippen LogP contribution in [0.25, 0.3) is 10.9 Å². The number of aromatic nitrogens is 2. The number of sulfonamides is 1. The van der Waals surface area contributed by atoms with Gasteiger partial charge in [-0.1, -0.05) is 0 Å². The SMILES string of the molecule is C=S(C)(=O)Nc1cc(C)c2c(Nc3ccc(F)cc3OC3CCCN(S(C)(=O)=O)C3)ncnc2c1. The Morgan fingerprint density at radius 1 is 1.17 bits per heavy atom. The van der Waals surface area contributed by atoms with Crippen LogP contribution in [0, 0.1) is 12.7 Å². The highest BCUT2D eigenvalue weighted by Gasteiger charge is 2.27. The second-order valence-electron chi connectivity index (χ2n) is 8.79. The van der Waals surface area contributed by atoms with Gasteiger partial charge in [0, 0.05) is 39.6 Å². The van der Waals surface area contributed by atoms with Crippen molar-refractivity contribution in [3.63, 3.8) is 0 Å². The van der Waals surface area contributed by atoms with Crippen molar-refractivity contribution in [3.8, 4) is 5.75 Å². The fourth-order valence-electron chi connectivity index (χ4n) is 4.10. The van der Waals surface area contributed by atoms with Crippen LogP contribution in [0.3, 0.4) is 0 Å². The Hall–Kier alpha value is -2.96. The number of benzene rings is 2. The zero-order valence-electron chi connectivity index (χ0n) is 19.7. The molecule has 1 fully saturated rings. The number of hydrogen-bond donors (Lipinski definition) is 2. The van der Waals surface area contributed by atoms with Crippen molar-refractivity contribution in [3.05, 3.63) is 48.0 Å². The third-order valence-corrected chi connectivity index (χ3v) is 7.51. The Morgan fingerprint density at radius 2 is 1.94 bits per heavy atom. The normalized spacial score (nSPS) is 18.7. The lowest BCUT2D eigenvalue weighted by molar-refractivity contribution is 0.130. The zero-order chi connectivity index (χ0) is 25.4. The Bertz CT molecular complexity index is 1480. The highest BCUT2D eigenvalue weighted by atomic mass is 32.2. The molecule has 1 aliphatic rings. The smallest absolute Gasteiger partial charge is 0.211 e. The molecule has 3 aromatic rings. The highest BCUT2D eigenvalue weighted by Crippen LogP contribution is 2.34. The number of halogens is 1. The highest BCUT2D eigenvalue weighted by molar-refractivity contribution is 8.00. The van der Waals surface area contributed by atoms with Crippen molar-refractivity contribution in [2.45, 2.75) is 25.9 Å². The summed E-state index contributed by atoms with van der Waals surface area (Å²) in [6.07, 6.45) is 4.97. The number of aryl methyl sites for hydroxylation is 1. The van der Waals surface area contributed by atoms with E-state index in [1.54, 1.807) is 12.1 Å². The van der Waals surface area contributed by atoms with Gasteiger partial charge in [0.2, 0.25) is 10.0 Å². The van der Waals surface area contributed by atoms with Gasteiger partial charge in [0.05, 0.1) is 24.0 Å². The van der Waals surface area contributed by atoms with Crippen LogP contribution in [0.5, 0.6) is 5.75 Å². The molecule has 12 heteroatoms. The third-order valence-electron chi connectivity index (χ3n) is 5.57. The molecule has 0 spiro atoms. The maximum absolute atomic E-state index is 14.1. The summed E-state index contributed by atoms with van der Waals surface area (Å²) < 4.78 is 60.5. The first kappa shape index (κ1) is 25.1. The Kier molecular flexibility index (Phi) is 6.89. The maximum atomic E-state index is 14.1. The second kappa shape index (κ2) is 9.59. The van der Waals surface area contributed by atoms with E-state index in [0.717, 1.165) is 10.9 Å². The fourth-order valence-corrected chi connectivity index (χ4v) is 5.62. The van der Waals surface area contributed by atoms with Crippen LogP contribution in [0.15, 0.2) is 36.7 Å². The van der Waals surface area contributed by atoms with Crippen LogP contribution in [-0.2, 0) is 19.7 Å². The van der Waals surface area contributed by atoms with Gasteiger partial charge in [0.15, 0.2) is 0 Å². The van der Waals surface area contributed by atoms with Crippen molar-refractivity contribution >= 4 is 53.7 Å². The van der Waals surface area contributed by atoms with E-state index in [0.29, 0.717) is 42.1 Å². The molecule has 0 radical (unpaired) electrons. The van der Waals surface area contributed by atoms with Gasteiger partial charge in [-0.2, -0.15) is 4.31 Å². The molecule has 2 aromatic carbocycles. The average Bonchev–Trinajstić information content (AvgIpc) is 2.74. The lowest BCUT2D eigenvalue weighted by Crippen LogP contribution is -2.43. The van der Waals surface area contributed by atoms with Crippen LogP contribution >= 0.6 is 0 Å². The molecule has 0 bridgehead atoms. The molecule has 1 saturated heterocycles. The van der Waals surface area contributed by atoms with Gasteiger partial charge in [-0.05, 0) is 55.5 Å². The van der Waals surface area contributed by atoms with Gasteiger partial charge in [-0.25, -0.2) is 27.0 Å². The minimum absolute atomic E-state index is 0.201. The minimum atomic E-state index is -3.34. The molecule has 0 amide bonds. The lowest BCUT2D eigenvalue weighted by atomic mass is 10.1. The molecule has 0 aliphatic carbocycles. The van der Waals surface area contributed by atoms with E-state index in [-0.39, 0.29) is 12.3 Å². The summed E-state index contributed by atoms with van der Waals surface area (Å²) in [7, 11) is -5.80. The van der Waals surface area contributed by atoms with E-state index in [4.69, 9.17) is 4.74 Å². The summed E-state index contributed by atoms with van der Waals surface area (Å²) in [5, 5.41) is 3.96. The van der Waals surface area contributed by atoms with Crippen molar-refractivity contribution in [2.24, 2.45) is 0 Å². The van der Waals surface area contributed by atoms with Crippen molar-refractivity contribution < 1.29 is 21.8 Å². The predicted octanol–water partition coefficient (Wildman–Crippen LogP) is 3.30. The maximum Gasteiger partial charge on any atom is 0.211 e. The minimum Gasteiger partial charge on any atom is -0.487 e. The summed E-state index contributed by atoms with van der Waals surface area (Å²) in [4.78, 5) is 8.71. The van der Waals surface area contributed by atoms with Crippen molar-refractivity contribution in [1.82, 2.24) is 14.3 Å². The Balaban J connectivity index is 1.65. The predicted molar refractivity (Wildman–Crippen MR) is 139 cm³/mol. The van der Waals surface area contributed by atoms with Crippen LogP contribution in [0.2, 0.25) is 0 Å². The Morgan fingerprint density at radius 3 is 2.66 bits per heavy atom. The quantitative estimate of drug-likeness (QED) is 0.459. The van der Waals surface area contributed by atoms with E-state index in [1.165, 1.54) is 35.3 Å². The average molecular weight is 522 g/mol. The van der Waals surface area contributed by atoms with Gasteiger partial charge in [0.1, 0.15) is 29.8 Å². The van der Waals surface area contributed by atoms with Gasteiger partial charge in [-0.15, -0.1) is 0 Å². The number of nitrogens with one attached hydrogen (secondary N) is 2. The molecule has 9 nitrogen and oxygen atoms in total. The first-order valence-corrected chi connectivity index (χ1v) is 14.9. The van der Waals surface area contributed by atoms with E-state index < -0.39 is 31.7 Å². The summed E-state index contributed by atoms with van der Waals surface area (Å²) in [6, 6.07) is 7.72. The number of rotatable bonds is 7. The summed E-state index contributed by atoms with van der Waals surface area (Å²) in [6.45, 7) is 2.52.